The Morgan fingerprint density at radius 3 is 2.53 bits per heavy atom. The minimum absolute atomic E-state index is 0.384. The summed E-state index contributed by atoms with van der Waals surface area (Å²) >= 11 is 4.14. The number of hydrogen-bond acceptors (Lipinski definition) is 3. The normalized spacial score (nSPS) is 9.94. The van der Waals surface area contributed by atoms with Gasteiger partial charge in [0.2, 0.25) is 0 Å². The molecule has 94 valence electrons. The molecule has 17 heavy (non-hydrogen) atoms. The van der Waals surface area contributed by atoms with Crippen LogP contribution < -0.4 is 5.32 Å². The van der Waals surface area contributed by atoms with Crippen LogP contribution >= 0.6 is 12.6 Å². The Morgan fingerprint density at radius 1 is 1.12 bits per heavy atom. The summed E-state index contributed by atoms with van der Waals surface area (Å²) < 4.78 is 5.06. The highest BCUT2D eigenvalue weighted by atomic mass is 32.1. The molecule has 3 nitrogen and oxygen atoms in total. The second-order valence-corrected chi connectivity index (χ2v) is 4.21. The lowest BCUT2D eigenvalue weighted by Crippen LogP contribution is -2.14. The quantitative estimate of drug-likeness (QED) is 0.574. The van der Waals surface area contributed by atoms with Gasteiger partial charge in [-0.3, -0.25) is 5.32 Å². The molecular formula is C13H19NO2S. The lowest BCUT2D eigenvalue weighted by molar-refractivity contribution is 0.159. The molecular weight excluding hydrogens is 234 g/mol. The molecule has 0 aliphatic carbocycles. The average molecular weight is 253 g/mol. The van der Waals surface area contributed by atoms with Crippen molar-refractivity contribution in [1.82, 2.24) is 0 Å². The first-order valence-corrected chi connectivity index (χ1v) is 6.56. The Balaban J connectivity index is 2.06. The highest BCUT2D eigenvalue weighted by Crippen LogP contribution is 2.06. The van der Waals surface area contributed by atoms with Gasteiger partial charge in [0.1, 0.15) is 0 Å². The van der Waals surface area contributed by atoms with Crippen molar-refractivity contribution in [1.29, 1.82) is 0 Å². The van der Waals surface area contributed by atoms with E-state index in [2.05, 4.69) is 17.9 Å². The predicted octanol–water partition coefficient (Wildman–Crippen LogP) is 3.73. The number of rotatable bonds is 7. The highest BCUT2D eigenvalue weighted by Gasteiger charge is 2.01. The van der Waals surface area contributed by atoms with Gasteiger partial charge < -0.3 is 4.74 Å². The molecule has 0 unspecified atom stereocenters. The zero-order valence-electron chi connectivity index (χ0n) is 9.89. The third-order valence-corrected chi connectivity index (χ3v) is 2.62. The summed E-state index contributed by atoms with van der Waals surface area (Å²) in [7, 11) is 0. The summed E-state index contributed by atoms with van der Waals surface area (Å²) in [4.78, 5) is 11.4. The molecule has 0 aliphatic heterocycles. The molecule has 1 rings (SSSR count). The molecule has 0 spiro atoms. The zero-order chi connectivity index (χ0) is 12.3. The van der Waals surface area contributed by atoms with E-state index in [1.165, 1.54) is 0 Å². The van der Waals surface area contributed by atoms with Crippen molar-refractivity contribution in [3.8, 4) is 0 Å². The number of unbranched alkanes of at least 4 members (excludes halogenated alkanes) is 3. The topological polar surface area (TPSA) is 38.3 Å². The van der Waals surface area contributed by atoms with E-state index in [-0.39, 0.29) is 6.09 Å². The first-order valence-electron chi connectivity index (χ1n) is 5.92. The van der Waals surface area contributed by atoms with Gasteiger partial charge in [0, 0.05) is 5.69 Å². The smallest absolute Gasteiger partial charge is 0.411 e. The number of amides is 1. The van der Waals surface area contributed by atoms with Crippen molar-refractivity contribution in [2.24, 2.45) is 0 Å². The Bertz CT molecular complexity index is 316. The van der Waals surface area contributed by atoms with Crippen molar-refractivity contribution in [2.75, 3.05) is 17.7 Å². The number of thiol groups is 1. The first-order chi connectivity index (χ1) is 8.33. The molecule has 4 heteroatoms. The Hall–Kier alpha value is -1.16. The Kier molecular flexibility index (Phi) is 7.30. The van der Waals surface area contributed by atoms with Gasteiger partial charge in [0.15, 0.2) is 0 Å². The summed E-state index contributed by atoms with van der Waals surface area (Å²) in [6.45, 7) is 0.477. The van der Waals surface area contributed by atoms with E-state index in [0.717, 1.165) is 37.1 Å². The molecule has 1 aromatic carbocycles. The molecule has 0 aromatic heterocycles. The van der Waals surface area contributed by atoms with E-state index in [4.69, 9.17) is 4.74 Å². The fourth-order valence-corrected chi connectivity index (χ4v) is 1.63. The van der Waals surface area contributed by atoms with Crippen LogP contribution in [-0.2, 0) is 4.74 Å². The summed E-state index contributed by atoms with van der Waals surface area (Å²) in [5.74, 6) is 0.926. The molecule has 0 saturated carbocycles. The van der Waals surface area contributed by atoms with Crippen LogP contribution in [0.15, 0.2) is 30.3 Å². The van der Waals surface area contributed by atoms with Gasteiger partial charge >= 0.3 is 6.09 Å². The van der Waals surface area contributed by atoms with Gasteiger partial charge in [-0.05, 0) is 30.7 Å². The summed E-state index contributed by atoms with van der Waals surface area (Å²) in [6, 6.07) is 9.29. The van der Waals surface area contributed by atoms with Gasteiger partial charge in [0.25, 0.3) is 0 Å². The molecule has 1 aromatic rings. The maximum absolute atomic E-state index is 11.4. The Morgan fingerprint density at radius 2 is 1.82 bits per heavy atom. The molecule has 0 saturated heterocycles. The van der Waals surface area contributed by atoms with Gasteiger partial charge in [-0.15, -0.1) is 0 Å². The van der Waals surface area contributed by atoms with Crippen LogP contribution in [0.4, 0.5) is 10.5 Å². The average Bonchev–Trinajstić information content (AvgIpc) is 2.35. The third-order valence-electron chi connectivity index (χ3n) is 2.31. The fraction of sp³-hybridized carbons (Fsp3) is 0.462. The van der Waals surface area contributed by atoms with E-state index >= 15 is 0 Å². The number of benzene rings is 1. The fourth-order valence-electron chi connectivity index (χ4n) is 1.41. The van der Waals surface area contributed by atoms with E-state index < -0.39 is 0 Å². The van der Waals surface area contributed by atoms with Gasteiger partial charge in [-0.2, -0.15) is 12.6 Å². The van der Waals surface area contributed by atoms with Crippen LogP contribution in [0.2, 0.25) is 0 Å². The number of hydrogen-bond donors (Lipinski definition) is 2. The number of anilines is 1. The lowest BCUT2D eigenvalue weighted by atomic mass is 10.2. The van der Waals surface area contributed by atoms with Crippen LogP contribution in [-0.4, -0.2) is 18.5 Å². The maximum atomic E-state index is 11.4. The van der Waals surface area contributed by atoms with Crippen molar-refractivity contribution >= 4 is 24.4 Å². The molecule has 0 heterocycles. The monoisotopic (exact) mass is 253 g/mol. The molecule has 0 aliphatic rings. The second kappa shape index (κ2) is 8.93. The third kappa shape index (κ3) is 6.89. The van der Waals surface area contributed by atoms with Crippen molar-refractivity contribution in [3.05, 3.63) is 30.3 Å². The summed E-state index contributed by atoms with van der Waals surface area (Å²) in [5.41, 5.74) is 0.757. The van der Waals surface area contributed by atoms with Crippen LogP contribution in [0.5, 0.6) is 0 Å². The van der Waals surface area contributed by atoms with E-state index in [1.54, 1.807) is 0 Å². The maximum Gasteiger partial charge on any atom is 0.411 e. The van der Waals surface area contributed by atoms with Crippen LogP contribution in [0.1, 0.15) is 25.7 Å². The van der Waals surface area contributed by atoms with E-state index in [9.17, 15) is 4.79 Å². The van der Waals surface area contributed by atoms with Crippen molar-refractivity contribution < 1.29 is 9.53 Å². The minimum atomic E-state index is -0.384. The van der Waals surface area contributed by atoms with Crippen LogP contribution in [0.25, 0.3) is 0 Å². The van der Waals surface area contributed by atoms with E-state index in [1.807, 2.05) is 30.3 Å². The number of carbonyl (C=O) groups excluding carboxylic acids is 1. The number of ether oxygens (including phenoxy) is 1. The zero-order valence-corrected chi connectivity index (χ0v) is 10.8. The second-order valence-electron chi connectivity index (χ2n) is 3.76. The Labute approximate surface area is 108 Å². The number of para-hydroxylation sites is 1. The molecule has 0 atom stereocenters. The predicted molar refractivity (Wildman–Crippen MR) is 73.7 cm³/mol. The molecule has 1 N–H and O–H groups in total. The molecule has 0 bridgehead atoms. The van der Waals surface area contributed by atoms with Crippen LogP contribution in [0, 0.1) is 0 Å². The number of carbonyl (C=O) groups is 1. The minimum Gasteiger partial charge on any atom is -0.449 e. The van der Waals surface area contributed by atoms with Crippen LogP contribution in [0.3, 0.4) is 0 Å². The first kappa shape index (κ1) is 13.9. The van der Waals surface area contributed by atoms with E-state index in [0.29, 0.717) is 6.61 Å². The van der Waals surface area contributed by atoms with Crippen molar-refractivity contribution in [3.63, 3.8) is 0 Å². The SMILES string of the molecule is O=C(Nc1ccccc1)OCCCCCCS. The standard InChI is InChI=1S/C13H19NO2S/c15-13(14-12-8-4-3-5-9-12)16-10-6-1-2-7-11-17/h3-5,8-9,17H,1-2,6-7,10-11H2,(H,14,15). The van der Waals surface area contributed by atoms with Gasteiger partial charge in [-0.25, -0.2) is 4.79 Å². The van der Waals surface area contributed by atoms with Gasteiger partial charge in [-0.1, -0.05) is 31.0 Å². The van der Waals surface area contributed by atoms with Crippen molar-refractivity contribution in [2.45, 2.75) is 25.7 Å². The molecule has 1 amide bonds. The number of nitrogens with one attached hydrogen (secondary N) is 1. The summed E-state index contributed by atoms with van der Waals surface area (Å²) in [6.07, 6.45) is 3.88. The summed E-state index contributed by atoms with van der Waals surface area (Å²) in [5, 5.41) is 2.67. The molecule has 0 fully saturated rings. The lowest BCUT2D eigenvalue weighted by Gasteiger charge is -2.06. The molecule has 0 radical (unpaired) electrons. The largest absolute Gasteiger partial charge is 0.449 e. The highest BCUT2D eigenvalue weighted by molar-refractivity contribution is 7.80. The van der Waals surface area contributed by atoms with Gasteiger partial charge in [0.05, 0.1) is 6.61 Å².